The largest absolute Gasteiger partial charge is 0.508 e. The molecule has 0 aliphatic heterocycles. The molecular formula is C8H12OSi. The molecule has 0 heterocycles. The molecule has 0 aliphatic rings. The number of phenols is 1. The first-order valence-electron chi connectivity index (χ1n) is 3.61. The van der Waals surface area contributed by atoms with E-state index in [2.05, 4.69) is 0 Å². The van der Waals surface area contributed by atoms with E-state index in [0.717, 1.165) is 12.0 Å². The number of hydrogen-bond acceptors (Lipinski definition) is 1. The summed E-state index contributed by atoms with van der Waals surface area (Å²) < 4.78 is 0. The Bertz CT molecular complexity index is 210. The van der Waals surface area contributed by atoms with Crippen molar-refractivity contribution < 1.29 is 5.11 Å². The van der Waals surface area contributed by atoms with E-state index in [9.17, 15) is 5.11 Å². The van der Waals surface area contributed by atoms with Gasteiger partial charge in [-0.15, -0.1) is 0 Å². The molecule has 1 nitrogen and oxygen atoms in total. The molecule has 1 aromatic carbocycles. The average Bonchev–Trinajstić information content (AvgIpc) is 1.94. The summed E-state index contributed by atoms with van der Waals surface area (Å²) in [5.41, 5.74) is 1.08. The fourth-order valence-electron chi connectivity index (χ4n) is 0.992. The van der Waals surface area contributed by atoms with Gasteiger partial charge >= 0.3 is 0 Å². The molecule has 1 aromatic rings. The number of rotatable bonds is 2. The van der Waals surface area contributed by atoms with Gasteiger partial charge in [0.05, 0.1) is 0 Å². The van der Waals surface area contributed by atoms with Crippen LogP contribution >= 0.6 is 0 Å². The number of para-hydroxylation sites is 1. The predicted molar refractivity (Wildman–Crippen MR) is 46.6 cm³/mol. The third kappa shape index (κ3) is 1.61. The smallest absolute Gasteiger partial charge is 0.118 e. The lowest BCUT2D eigenvalue weighted by molar-refractivity contribution is 0.469. The van der Waals surface area contributed by atoms with Gasteiger partial charge in [-0.1, -0.05) is 24.2 Å². The van der Waals surface area contributed by atoms with E-state index in [1.54, 1.807) is 6.07 Å². The third-order valence-corrected chi connectivity index (χ3v) is 2.01. The van der Waals surface area contributed by atoms with E-state index < -0.39 is 0 Å². The molecule has 10 heavy (non-hydrogen) atoms. The third-order valence-electron chi connectivity index (χ3n) is 1.51. The zero-order chi connectivity index (χ0) is 7.40. The lowest BCUT2D eigenvalue weighted by Gasteiger charge is -1.99. The lowest BCUT2D eigenvalue weighted by Crippen LogP contribution is -1.83. The molecule has 54 valence electrons. The Kier molecular flexibility index (Phi) is 2.51. The van der Waals surface area contributed by atoms with Crippen molar-refractivity contribution in [2.75, 3.05) is 0 Å². The second kappa shape index (κ2) is 3.42. The van der Waals surface area contributed by atoms with Crippen LogP contribution in [-0.2, 0) is 6.42 Å². The quantitative estimate of drug-likeness (QED) is 0.619. The van der Waals surface area contributed by atoms with Crippen LogP contribution in [-0.4, -0.2) is 15.3 Å². The standard InChI is InChI=1S/C8H12OSi/c9-8-4-2-1-3-7(8)5-6-10/h1-4,9H,5-6H2,10H3. The molecule has 0 spiro atoms. The summed E-state index contributed by atoms with van der Waals surface area (Å²) in [6.45, 7) is 0. The van der Waals surface area contributed by atoms with Gasteiger partial charge in [-0.2, -0.15) is 0 Å². The Hall–Kier alpha value is -0.763. The summed E-state index contributed by atoms with van der Waals surface area (Å²) >= 11 is 0. The van der Waals surface area contributed by atoms with Gasteiger partial charge in [0.2, 0.25) is 0 Å². The molecule has 0 saturated heterocycles. The zero-order valence-electron chi connectivity index (χ0n) is 6.17. The van der Waals surface area contributed by atoms with Crippen LogP contribution in [0.5, 0.6) is 5.75 Å². The molecular weight excluding hydrogens is 140 g/mol. The van der Waals surface area contributed by atoms with Crippen molar-refractivity contribution in [3.05, 3.63) is 29.8 Å². The SMILES string of the molecule is Oc1ccccc1CC[SiH3]. The average molecular weight is 152 g/mol. The molecule has 0 aliphatic carbocycles. The maximum atomic E-state index is 9.26. The normalized spacial score (nSPS) is 10.0. The van der Waals surface area contributed by atoms with Crippen molar-refractivity contribution in [1.29, 1.82) is 0 Å². The minimum Gasteiger partial charge on any atom is -0.508 e. The minimum atomic E-state index is 0.443. The second-order valence-corrected chi connectivity index (χ2v) is 3.38. The van der Waals surface area contributed by atoms with Crippen LogP contribution in [0.4, 0.5) is 0 Å². The first-order chi connectivity index (χ1) is 4.84. The maximum absolute atomic E-state index is 9.26. The molecule has 1 rings (SSSR count). The Balaban J connectivity index is 2.81. The van der Waals surface area contributed by atoms with E-state index in [4.69, 9.17) is 0 Å². The minimum absolute atomic E-state index is 0.443. The van der Waals surface area contributed by atoms with E-state index >= 15 is 0 Å². The van der Waals surface area contributed by atoms with Crippen LogP contribution in [0.15, 0.2) is 24.3 Å². The van der Waals surface area contributed by atoms with Crippen molar-refractivity contribution in [2.45, 2.75) is 12.5 Å². The van der Waals surface area contributed by atoms with Crippen molar-refractivity contribution in [2.24, 2.45) is 0 Å². The van der Waals surface area contributed by atoms with Crippen LogP contribution in [0.1, 0.15) is 5.56 Å². The highest BCUT2D eigenvalue weighted by Gasteiger charge is 1.95. The van der Waals surface area contributed by atoms with Crippen molar-refractivity contribution in [1.82, 2.24) is 0 Å². The number of hydrogen-bond donors (Lipinski definition) is 1. The molecule has 0 aromatic heterocycles. The fourth-order valence-corrected chi connectivity index (χ4v) is 1.53. The maximum Gasteiger partial charge on any atom is 0.118 e. The first-order valence-corrected chi connectivity index (χ1v) is 5.03. The van der Waals surface area contributed by atoms with E-state index in [1.807, 2.05) is 18.2 Å². The Labute approximate surface area is 64.1 Å². The van der Waals surface area contributed by atoms with Gasteiger partial charge in [0.1, 0.15) is 5.75 Å². The topological polar surface area (TPSA) is 20.2 Å². The summed E-state index contributed by atoms with van der Waals surface area (Å²) in [7, 11) is 1.21. The van der Waals surface area contributed by atoms with Gasteiger partial charge in [0, 0.05) is 10.2 Å². The highest BCUT2D eigenvalue weighted by molar-refractivity contribution is 6.08. The Morgan fingerprint density at radius 2 is 2.00 bits per heavy atom. The fraction of sp³-hybridized carbons (Fsp3) is 0.250. The van der Waals surface area contributed by atoms with Crippen molar-refractivity contribution >= 4 is 10.2 Å². The Morgan fingerprint density at radius 1 is 1.30 bits per heavy atom. The number of aromatic hydroxyl groups is 1. The van der Waals surface area contributed by atoms with Crippen molar-refractivity contribution in [3.8, 4) is 5.75 Å². The molecule has 0 amide bonds. The van der Waals surface area contributed by atoms with Gasteiger partial charge in [0.25, 0.3) is 0 Å². The molecule has 0 bridgehead atoms. The summed E-state index contributed by atoms with van der Waals surface area (Å²) in [6, 6.07) is 8.76. The zero-order valence-corrected chi connectivity index (χ0v) is 8.17. The lowest BCUT2D eigenvalue weighted by atomic mass is 10.1. The summed E-state index contributed by atoms with van der Waals surface area (Å²) in [6.07, 6.45) is 1.03. The summed E-state index contributed by atoms with van der Waals surface area (Å²) in [5.74, 6) is 0.443. The number of benzene rings is 1. The van der Waals surface area contributed by atoms with Gasteiger partial charge in [0.15, 0.2) is 0 Å². The first kappa shape index (κ1) is 7.35. The van der Waals surface area contributed by atoms with E-state index in [-0.39, 0.29) is 0 Å². The summed E-state index contributed by atoms with van der Waals surface area (Å²) in [5, 5.41) is 9.26. The number of phenolic OH excluding ortho intramolecular Hbond substituents is 1. The Morgan fingerprint density at radius 3 is 2.60 bits per heavy atom. The van der Waals surface area contributed by atoms with Gasteiger partial charge in [-0.25, -0.2) is 0 Å². The summed E-state index contributed by atoms with van der Waals surface area (Å²) in [4.78, 5) is 0. The van der Waals surface area contributed by atoms with Crippen LogP contribution in [0.3, 0.4) is 0 Å². The van der Waals surface area contributed by atoms with Gasteiger partial charge < -0.3 is 5.11 Å². The van der Waals surface area contributed by atoms with Crippen molar-refractivity contribution in [3.63, 3.8) is 0 Å². The molecule has 0 fully saturated rings. The highest BCUT2D eigenvalue weighted by atomic mass is 28.1. The molecule has 0 saturated carbocycles. The second-order valence-electron chi connectivity index (χ2n) is 2.38. The molecule has 1 N–H and O–H groups in total. The van der Waals surface area contributed by atoms with E-state index in [0.29, 0.717) is 5.75 Å². The van der Waals surface area contributed by atoms with Gasteiger partial charge in [-0.3, -0.25) is 0 Å². The van der Waals surface area contributed by atoms with E-state index in [1.165, 1.54) is 16.3 Å². The van der Waals surface area contributed by atoms with Crippen LogP contribution in [0.2, 0.25) is 6.04 Å². The van der Waals surface area contributed by atoms with Crippen LogP contribution in [0.25, 0.3) is 0 Å². The van der Waals surface area contributed by atoms with Crippen LogP contribution in [0, 0.1) is 0 Å². The highest BCUT2D eigenvalue weighted by Crippen LogP contribution is 2.16. The van der Waals surface area contributed by atoms with Gasteiger partial charge in [-0.05, 0) is 18.1 Å². The molecule has 0 radical (unpaired) electrons. The molecule has 0 atom stereocenters. The monoisotopic (exact) mass is 152 g/mol. The number of aryl methyl sites for hydroxylation is 1. The predicted octanol–water partition coefficient (Wildman–Crippen LogP) is 0.718. The molecule has 2 heteroatoms. The molecule has 0 unspecified atom stereocenters. The van der Waals surface area contributed by atoms with Crippen LogP contribution < -0.4 is 0 Å².